The van der Waals surface area contributed by atoms with Crippen LogP contribution in [0, 0.1) is 5.92 Å². The molecule has 0 aliphatic heterocycles. The fourth-order valence-electron chi connectivity index (χ4n) is 0.307. The third-order valence-corrected chi connectivity index (χ3v) is 1.30. The van der Waals surface area contributed by atoms with E-state index in [-0.39, 0.29) is 6.16 Å². The minimum absolute atomic E-state index is 0.0463. The zero-order valence-electron chi connectivity index (χ0n) is 4.57. The third-order valence-electron chi connectivity index (χ3n) is 0.832. The maximum absolute atomic E-state index is 9.98. The summed E-state index contributed by atoms with van der Waals surface area (Å²) in [5.74, 6) is -3.87. The molecule has 0 amide bonds. The average molecular weight is 150 g/mol. The molecule has 0 rings (SSSR count). The lowest BCUT2D eigenvalue weighted by molar-refractivity contribution is -0.153. The van der Waals surface area contributed by atoms with Crippen molar-refractivity contribution >= 4 is 21.2 Å². The third kappa shape index (κ3) is 2.42. The van der Waals surface area contributed by atoms with E-state index >= 15 is 0 Å². The molecule has 0 saturated heterocycles. The van der Waals surface area contributed by atoms with Crippen LogP contribution in [0.2, 0.25) is 0 Å². The number of hydrogen-bond acceptors (Lipinski definition) is 2. The molecule has 0 aliphatic rings. The van der Waals surface area contributed by atoms with Crippen LogP contribution in [-0.4, -0.2) is 28.3 Å². The molecule has 0 aromatic rings. The fourth-order valence-corrected chi connectivity index (χ4v) is 0.711. The van der Waals surface area contributed by atoms with Crippen molar-refractivity contribution in [1.82, 2.24) is 0 Å². The number of rotatable bonds is 3. The summed E-state index contributed by atoms with van der Waals surface area (Å²) in [6, 6.07) is 0. The van der Waals surface area contributed by atoms with Crippen LogP contribution in [0.5, 0.6) is 0 Å². The van der Waals surface area contributed by atoms with Crippen LogP contribution in [0.4, 0.5) is 0 Å². The van der Waals surface area contributed by atoms with Crippen molar-refractivity contribution in [3.8, 4) is 0 Å². The van der Waals surface area contributed by atoms with Gasteiger partial charge in [0.2, 0.25) is 0 Å². The Hall–Kier alpha value is -0.630. The second-order valence-corrected chi connectivity index (χ2v) is 1.94. The second-order valence-electron chi connectivity index (χ2n) is 1.46. The minimum atomic E-state index is -1.29. The first-order chi connectivity index (χ1) is 4.09. The van der Waals surface area contributed by atoms with E-state index in [1.54, 1.807) is 0 Å². The van der Waals surface area contributed by atoms with Gasteiger partial charge in [0.1, 0.15) is 0 Å². The van der Waals surface area contributed by atoms with Crippen molar-refractivity contribution < 1.29 is 19.8 Å². The van der Waals surface area contributed by atoms with Gasteiger partial charge in [0.15, 0.2) is 5.92 Å². The van der Waals surface area contributed by atoms with Gasteiger partial charge in [0, 0.05) is 0 Å². The molecule has 1 unspecified atom stereocenters. The molecule has 9 heavy (non-hydrogen) atoms. The largest absolute Gasteiger partial charge is 0.481 e. The zero-order chi connectivity index (χ0) is 7.44. The van der Waals surface area contributed by atoms with E-state index in [0.717, 1.165) is 0 Å². The van der Waals surface area contributed by atoms with Gasteiger partial charge in [-0.1, -0.05) is 0 Å². The highest BCUT2D eigenvalue weighted by molar-refractivity contribution is 7.16. The lowest BCUT2D eigenvalue weighted by Gasteiger charge is -2.00. The Morgan fingerprint density at radius 1 is 1.33 bits per heavy atom. The van der Waals surface area contributed by atoms with Gasteiger partial charge in [0.25, 0.3) is 0 Å². The van der Waals surface area contributed by atoms with Crippen molar-refractivity contribution in [2.75, 3.05) is 6.16 Å². The fraction of sp³-hybridized carbons (Fsp3) is 0.500. The Bertz CT molecular complexity index is 119. The van der Waals surface area contributed by atoms with Crippen molar-refractivity contribution in [2.24, 2.45) is 5.92 Å². The summed E-state index contributed by atoms with van der Waals surface area (Å²) < 4.78 is 0. The molecule has 0 aliphatic carbocycles. The van der Waals surface area contributed by atoms with Gasteiger partial charge in [-0.25, -0.2) is 0 Å². The average Bonchev–Trinajstić information content (AvgIpc) is 1.64. The van der Waals surface area contributed by atoms with Crippen molar-refractivity contribution in [3.05, 3.63) is 0 Å². The summed E-state index contributed by atoms with van der Waals surface area (Å²) in [7, 11) is 2.07. The Morgan fingerprint density at radius 2 is 1.67 bits per heavy atom. The van der Waals surface area contributed by atoms with Crippen LogP contribution in [0.25, 0.3) is 0 Å². The molecule has 0 aromatic heterocycles. The molecule has 0 radical (unpaired) electrons. The van der Waals surface area contributed by atoms with Crippen LogP contribution in [0.15, 0.2) is 0 Å². The Balaban J connectivity index is 3.99. The first-order valence-corrected chi connectivity index (χ1v) is 3.07. The molecule has 0 bridgehead atoms. The van der Waals surface area contributed by atoms with E-state index in [1.165, 1.54) is 0 Å². The standard InChI is InChI=1S/C4H7O4P/c5-3(6)2(1-9)4(7)8/h2H,1,9H2,(H,5,6)(H,7,8). The normalized spacial score (nSPS) is 9.56. The van der Waals surface area contributed by atoms with E-state index in [4.69, 9.17) is 10.2 Å². The maximum atomic E-state index is 9.98. The highest BCUT2D eigenvalue weighted by Crippen LogP contribution is 2.00. The molecule has 52 valence electrons. The number of carboxylic acid groups (broad SMARTS) is 2. The SMILES string of the molecule is O=C(O)C(CP)C(=O)O. The summed E-state index contributed by atoms with van der Waals surface area (Å²) >= 11 is 0. The molecule has 5 heteroatoms. The summed E-state index contributed by atoms with van der Waals surface area (Å²) in [6.45, 7) is 0. The molecule has 0 spiro atoms. The number of carboxylic acids is 2. The maximum Gasteiger partial charge on any atom is 0.318 e. The first-order valence-electron chi connectivity index (χ1n) is 2.25. The van der Waals surface area contributed by atoms with Crippen LogP contribution in [-0.2, 0) is 9.59 Å². The van der Waals surface area contributed by atoms with Crippen LogP contribution >= 0.6 is 9.24 Å². The predicted molar refractivity (Wildman–Crippen MR) is 33.3 cm³/mol. The summed E-state index contributed by atoms with van der Waals surface area (Å²) in [5, 5.41) is 16.3. The summed E-state index contributed by atoms with van der Waals surface area (Å²) in [4.78, 5) is 20.0. The Morgan fingerprint density at radius 3 is 1.67 bits per heavy atom. The van der Waals surface area contributed by atoms with E-state index in [9.17, 15) is 9.59 Å². The van der Waals surface area contributed by atoms with E-state index in [1.807, 2.05) is 0 Å². The van der Waals surface area contributed by atoms with E-state index in [0.29, 0.717) is 0 Å². The zero-order valence-corrected chi connectivity index (χ0v) is 5.73. The second kappa shape index (κ2) is 3.41. The summed E-state index contributed by atoms with van der Waals surface area (Å²) in [5.41, 5.74) is 0. The quantitative estimate of drug-likeness (QED) is 0.425. The van der Waals surface area contributed by atoms with Gasteiger partial charge >= 0.3 is 11.9 Å². The number of aliphatic carboxylic acids is 2. The van der Waals surface area contributed by atoms with Crippen molar-refractivity contribution in [1.29, 1.82) is 0 Å². The van der Waals surface area contributed by atoms with Gasteiger partial charge in [0.05, 0.1) is 0 Å². The predicted octanol–water partition coefficient (Wildman–Crippen LogP) is -0.353. The number of carbonyl (C=O) groups is 2. The van der Waals surface area contributed by atoms with Gasteiger partial charge in [-0.2, -0.15) is 0 Å². The molecular weight excluding hydrogens is 143 g/mol. The molecule has 0 heterocycles. The first kappa shape index (κ1) is 8.37. The Kier molecular flexibility index (Phi) is 3.17. The highest BCUT2D eigenvalue weighted by Gasteiger charge is 2.22. The molecule has 0 aromatic carbocycles. The summed E-state index contributed by atoms with van der Waals surface area (Å²) in [6.07, 6.45) is 0.0463. The molecular formula is C4H7O4P. The minimum Gasteiger partial charge on any atom is -0.481 e. The highest BCUT2D eigenvalue weighted by atomic mass is 31.0. The van der Waals surface area contributed by atoms with E-state index in [2.05, 4.69) is 9.24 Å². The van der Waals surface area contributed by atoms with Crippen LogP contribution in [0.1, 0.15) is 0 Å². The van der Waals surface area contributed by atoms with Crippen molar-refractivity contribution in [2.45, 2.75) is 0 Å². The Labute approximate surface area is 54.1 Å². The molecule has 1 atom stereocenters. The van der Waals surface area contributed by atoms with E-state index < -0.39 is 17.9 Å². The monoisotopic (exact) mass is 150 g/mol. The molecule has 0 saturated carbocycles. The van der Waals surface area contributed by atoms with Gasteiger partial charge in [-0.3, -0.25) is 9.59 Å². The van der Waals surface area contributed by atoms with Crippen molar-refractivity contribution in [3.63, 3.8) is 0 Å². The van der Waals surface area contributed by atoms with Gasteiger partial charge < -0.3 is 10.2 Å². The molecule has 0 fully saturated rings. The lowest BCUT2D eigenvalue weighted by Crippen LogP contribution is -2.24. The number of hydrogen-bond donors (Lipinski definition) is 2. The topological polar surface area (TPSA) is 74.6 Å². The molecule has 4 nitrogen and oxygen atoms in total. The lowest BCUT2D eigenvalue weighted by atomic mass is 10.2. The van der Waals surface area contributed by atoms with Crippen LogP contribution < -0.4 is 0 Å². The van der Waals surface area contributed by atoms with Gasteiger partial charge in [-0.15, -0.1) is 9.24 Å². The van der Waals surface area contributed by atoms with Gasteiger partial charge in [-0.05, 0) is 6.16 Å². The smallest absolute Gasteiger partial charge is 0.318 e. The van der Waals surface area contributed by atoms with Crippen LogP contribution in [0.3, 0.4) is 0 Å². The molecule has 2 N–H and O–H groups in total.